The molecule has 0 bridgehead atoms. The SMILES string of the molecule is CCC(N)C(CC(=O)OC)c1ccc(C(C)C)cc1. The van der Waals surface area contributed by atoms with Crippen LogP contribution in [0.3, 0.4) is 0 Å². The molecule has 3 nitrogen and oxygen atoms in total. The van der Waals surface area contributed by atoms with E-state index >= 15 is 0 Å². The summed E-state index contributed by atoms with van der Waals surface area (Å²) in [7, 11) is 1.42. The third kappa shape index (κ3) is 4.35. The Labute approximate surface area is 116 Å². The molecule has 2 unspecified atom stereocenters. The molecule has 0 amide bonds. The van der Waals surface area contributed by atoms with E-state index in [1.165, 1.54) is 12.7 Å². The molecule has 0 aliphatic heterocycles. The van der Waals surface area contributed by atoms with Gasteiger partial charge in [-0.25, -0.2) is 0 Å². The maximum absolute atomic E-state index is 11.5. The van der Waals surface area contributed by atoms with Crippen molar-refractivity contribution in [1.29, 1.82) is 0 Å². The minimum atomic E-state index is -0.207. The van der Waals surface area contributed by atoms with Crippen molar-refractivity contribution in [3.05, 3.63) is 35.4 Å². The Morgan fingerprint density at radius 3 is 2.16 bits per heavy atom. The van der Waals surface area contributed by atoms with Crippen molar-refractivity contribution < 1.29 is 9.53 Å². The normalized spacial score (nSPS) is 14.2. The van der Waals surface area contributed by atoms with Crippen LogP contribution in [0, 0.1) is 0 Å². The van der Waals surface area contributed by atoms with E-state index in [4.69, 9.17) is 10.5 Å². The summed E-state index contributed by atoms with van der Waals surface area (Å²) >= 11 is 0. The minimum Gasteiger partial charge on any atom is -0.469 e. The van der Waals surface area contributed by atoms with E-state index in [9.17, 15) is 4.79 Å². The van der Waals surface area contributed by atoms with Gasteiger partial charge >= 0.3 is 5.97 Å². The number of rotatable bonds is 6. The molecule has 0 spiro atoms. The summed E-state index contributed by atoms with van der Waals surface area (Å²) in [5, 5.41) is 0. The van der Waals surface area contributed by atoms with Gasteiger partial charge in [0.05, 0.1) is 13.5 Å². The molecular formula is C16H25NO2. The first-order valence-corrected chi connectivity index (χ1v) is 6.91. The van der Waals surface area contributed by atoms with Crippen molar-refractivity contribution in [1.82, 2.24) is 0 Å². The number of nitrogens with two attached hydrogens (primary N) is 1. The van der Waals surface area contributed by atoms with Crippen molar-refractivity contribution in [3.8, 4) is 0 Å². The molecule has 1 aromatic rings. The summed E-state index contributed by atoms with van der Waals surface area (Å²) in [6, 6.07) is 8.37. The molecule has 0 aromatic heterocycles. The zero-order chi connectivity index (χ0) is 14.4. The molecule has 0 aliphatic rings. The fraction of sp³-hybridized carbons (Fsp3) is 0.562. The number of ether oxygens (including phenoxy) is 1. The molecule has 2 atom stereocenters. The van der Waals surface area contributed by atoms with Gasteiger partial charge in [0.25, 0.3) is 0 Å². The van der Waals surface area contributed by atoms with Gasteiger partial charge in [0.15, 0.2) is 0 Å². The van der Waals surface area contributed by atoms with Crippen molar-refractivity contribution in [3.63, 3.8) is 0 Å². The quantitative estimate of drug-likeness (QED) is 0.802. The van der Waals surface area contributed by atoms with Gasteiger partial charge in [-0.3, -0.25) is 4.79 Å². The molecule has 0 fully saturated rings. The number of hydrogen-bond acceptors (Lipinski definition) is 3. The Balaban J connectivity index is 2.93. The van der Waals surface area contributed by atoms with Crippen LogP contribution < -0.4 is 5.73 Å². The maximum atomic E-state index is 11.5. The summed E-state index contributed by atoms with van der Waals surface area (Å²) in [5.74, 6) is 0.327. The predicted octanol–water partition coefficient (Wildman–Crippen LogP) is 3.19. The standard InChI is InChI=1S/C16H25NO2/c1-5-15(17)14(10-16(18)19-4)13-8-6-12(7-9-13)11(2)3/h6-9,11,14-15H,5,10,17H2,1-4H3. The molecular weight excluding hydrogens is 238 g/mol. The summed E-state index contributed by atoms with van der Waals surface area (Å²) in [5.41, 5.74) is 8.55. The number of benzene rings is 1. The van der Waals surface area contributed by atoms with E-state index in [2.05, 4.69) is 38.1 Å². The van der Waals surface area contributed by atoms with Crippen molar-refractivity contribution in [2.75, 3.05) is 7.11 Å². The second kappa shape index (κ2) is 7.29. The molecule has 0 saturated carbocycles. The Morgan fingerprint density at radius 1 is 1.21 bits per heavy atom. The highest BCUT2D eigenvalue weighted by molar-refractivity contribution is 5.70. The number of methoxy groups -OCH3 is 1. The molecule has 0 heterocycles. The van der Waals surface area contributed by atoms with Crippen LogP contribution in [0.2, 0.25) is 0 Å². The first kappa shape index (κ1) is 15.7. The molecule has 106 valence electrons. The second-order valence-corrected chi connectivity index (χ2v) is 5.28. The van der Waals surface area contributed by atoms with E-state index < -0.39 is 0 Å². The van der Waals surface area contributed by atoms with Crippen molar-refractivity contribution in [2.45, 2.75) is 51.5 Å². The van der Waals surface area contributed by atoms with Gasteiger partial charge in [-0.15, -0.1) is 0 Å². The zero-order valence-corrected chi connectivity index (χ0v) is 12.3. The van der Waals surface area contributed by atoms with Crippen LogP contribution in [-0.4, -0.2) is 19.1 Å². The first-order valence-electron chi connectivity index (χ1n) is 6.91. The van der Waals surface area contributed by atoms with E-state index in [1.807, 2.05) is 6.92 Å². The average molecular weight is 263 g/mol. The highest BCUT2D eigenvalue weighted by Gasteiger charge is 2.22. The molecule has 2 N–H and O–H groups in total. The summed E-state index contributed by atoms with van der Waals surface area (Å²) in [6.07, 6.45) is 1.18. The topological polar surface area (TPSA) is 52.3 Å². The van der Waals surface area contributed by atoms with Crippen LogP contribution in [0.15, 0.2) is 24.3 Å². The van der Waals surface area contributed by atoms with Crippen LogP contribution in [0.5, 0.6) is 0 Å². The van der Waals surface area contributed by atoms with Crippen LogP contribution in [0.1, 0.15) is 56.6 Å². The smallest absolute Gasteiger partial charge is 0.306 e. The third-order valence-corrected chi connectivity index (χ3v) is 3.63. The Morgan fingerprint density at radius 2 is 1.74 bits per heavy atom. The molecule has 1 aromatic carbocycles. The molecule has 0 radical (unpaired) electrons. The van der Waals surface area contributed by atoms with Gasteiger partial charge in [-0.1, -0.05) is 45.0 Å². The molecule has 0 aliphatic carbocycles. The lowest BCUT2D eigenvalue weighted by Gasteiger charge is -2.22. The van der Waals surface area contributed by atoms with Crippen LogP contribution >= 0.6 is 0 Å². The molecule has 19 heavy (non-hydrogen) atoms. The lowest BCUT2D eigenvalue weighted by Crippen LogP contribution is -2.29. The van der Waals surface area contributed by atoms with Crippen LogP contribution in [0.4, 0.5) is 0 Å². The van der Waals surface area contributed by atoms with Crippen LogP contribution in [-0.2, 0) is 9.53 Å². The van der Waals surface area contributed by atoms with Gasteiger partial charge in [0.1, 0.15) is 0 Å². The van der Waals surface area contributed by atoms with Gasteiger partial charge in [-0.2, -0.15) is 0 Å². The molecule has 0 saturated heterocycles. The highest BCUT2D eigenvalue weighted by atomic mass is 16.5. The Kier molecular flexibility index (Phi) is 6.03. The molecule has 3 heteroatoms. The highest BCUT2D eigenvalue weighted by Crippen LogP contribution is 2.26. The van der Waals surface area contributed by atoms with Gasteiger partial charge in [0.2, 0.25) is 0 Å². The van der Waals surface area contributed by atoms with E-state index in [1.54, 1.807) is 0 Å². The number of hydrogen-bond donors (Lipinski definition) is 1. The van der Waals surface area contributed by atoms with Gasteiger partial charge < -0.3 is 10.5 Å². The fourth-order valence-electron chi connectivity index (χ4n) is 2.19. The lowest BCUT2D eigenvalue weighted by atomic mass is 9.86. The summed E-state index contributed by atoms with van der Waals surface area (Å²) < 4.78 is 4.76. The number of esters is 1. The lowest BCUT2D eigenvalue weighted by molar-refractivity contribution is -0.141. The Bertz CT molecular complexity index is 398. The minimum absolute atomic E-state index is 0.0241. The largest absolute Gasteiger partial charge is 0.469 e. The number of carbonyl (C=O) groups is 1. The first-order chi connectivity index (χ1) is 8.99. The monoisotopic (exact) mass is 263 g/mol. The van der Waals surface area contributed by atoms with Gasteiger partial charge in [-0.05, 0) is 23.5 Å². The van der Waals surface area contributed by atoms with E-state index in [-0.39, 0.29) is 17.9 Å². The molecule has 1 rings (SSSR count). The van der Waals surface area contributed by atoms with Gasteiger partial charge in [0, 0.05) is 12.0 Å². The summed E-state index contributed by atoms with van der Waals surface area (Å²) in [6.45, 7) is 6.37. The van der Waals surface area contributed by atoms with E-state index in [0.29, 0.717) is 12.3 Å². The second-order valence-electron chi connectivity index (χ2n) is 5.28. The van der Waals surface area contributed by atoms with Crippen molar-refractivity contribution >= 4 is 5.97 Å². The average Bonchev–Trinajstić information content (AvgIpc) is 2.43. The maximum Gasteiger partial charge on any atom is 0.306 e. The number of carbonyl (C=O) groups excluding carboxylic acids is 1. The zero-order valence-electron chi connectivity index (χ0n) is 12.3. The summed E-state index contributed by atoms with van der Waals surface area (Å²) in [4.78, 5) is 11.5. The Hall–Kier alpha value is -1.35. The van der Waals surface area contributed by atoms with Crippen LogP contribution in [0.25, 0.3) is 0 Å². The predicted molar refractivity (Wildman–Crippen MR) is 78.2 cm³/mol. The van der Waals surface area contributed by atoms with Crippen molar-refractivity contribution in [2.24, 2.45) is 5.73 Å². The third-order valence-electron chi connectivity index (χ3n) is 3.63. The van der Waals surface area contributed by atoms with E-state index in [0.717, 1.165) is 12.0 Å². The fourth-order valence-corrected chi connectivity index (χ4v) is 2.19.